The monoisotopic (exact) mass is 283 g/mol. The average Bonchev–Trinajstić information content (AvgIpc) is 2.89. The van der Waals surface area contributed by atoms with Crippen LogP contribution in [0.1, 0.15) is 64.7 Å². The zero-order chi connectivity index (χ0) is 14.4. The maximum atomic E-state index is 11.6. The zero-order valence-corrected chi connectivity index (χ0v) is 12.7. The Morgan fingerprint density at radius 1 is 1.30 bits per heavy atom. The smallest absolute Gasteiger partial charge is 0.323 e. The number of carboxylic acids is 1. The van der Waals surface area contributed by atoms with Gasteiger partial charge in [-0.05, 0) is 44.6 Å². The molecule has 0 amide bonds. The van der Waals surface area contributed by atoms with Gasteiger partial charge in [-0.15, -0.1) is 0 Å². The number of hydrogen-bond donors (Lipinski definition) is 2. The van der Waals surface area contributed by atoms with E-state index in [0.717, 1.165) is 26.0 Å². The van der Waals surface area contributed by atoms with Crippen LogP contribution in [0.2, 0.25) is 0 Å². The largest absolute Gasteiger partial charge is 0.480 e. The summed E-state index contributed by atoms with van der Waals surface area (Å²) in [5.41, 5.74) is -0.743. The van der Waals surface area contributed by atoms with E-state index in [4.69, 9.17) is 4.74 Å². The van der Waals surface area contributed by atoms with Gasteiger partial charge in [-0.2, -0.15) is 0 Å². The van der Waals surface area contributed by atoms with Gasteiger partial charge in [0.2, 0.25) is 0 Å². The van der Waals surface area contributed by atoms with E-state index in [2.05, 4.69) is 12.2 Å². The molecule has 2 rings (SSSR count). The highest BCUT2D eigenvalue weighted by Crippen LogP contribution is 2.33. The van der Waals surface area contributed by atoms with Crippen LogP contribution in [0.25, 0.3) is 0 Å². The van der Waals surface area contributed by atoms with Gasteiger partial charge >= 0.3 is 5.97 Å². The molecule has 2 aliphatic rings. The lowest BCUT2D eigenvalue weighted by molar-refractivity contribution is -0.145. The fraction of sp³-hybridized carbons (Fsp3) is 0.938. The lowest BCUT2D eigenvalue weighted by Crippen LogP contribution is -2.50. The maximum Gasteiger partial charge on any atom is 0.323 e. The molecule has 0 spiro atoms. The van der Waals surface area contributed by atoms with Crippen LogP contribution in [0.3, 0.4) is 0 Å². The molecule has 20 heavy (non-hydrogen) atoms. The molecule has 4 heteroatoms. The van der Waals surface area contributed by atoms with Crippen molar-refractivity contribution < 1.29 is 14.6 Å². The van der Waals surface area contributed by atoms with E-state index in [1.165, 1.54) is 32.1 Å². The van der Waals surface area contributed by atoms with E-state index in [9.17, 15) is 9.90 Å². The zero-order valence-electron chi connectivity index (χ0n) is 12.7. The van der Waals surface area contributed by atoms with Crippen molar-refractivity contribution in [2.45, 2.75) is 76.4 Å². The van der Waals surface area contributed by atoms with Crippen LogP contribution in [0.5, 0.6) is 0 Å². The van der Waals surface area contributed by atoms with Crippen molar-refractivity contribution in [1.82, 2.24) is 5.32 Å². The average molecular weight is 283 g/mol. The predicted octanol–water partition coefficient (Wildman–Crippen LogP) is 2.96. The first-order valence-electron chi connectivity index (χ1n) is 8.26. The van der Waals surface area contributed by atoms with Crippen LogP contribution in [0, 0.1) is 5.92 Å². The summed E-state index contributed by atoms with van der Waals surface area (Å²) >= 11 is 0. The summed E-state index contributed by atoms with van der Waals surface area (Å²) in [5.74, 6) is -0.0121. The maximum absolute atomic E-state index is 11.6. The van der Waals surface area contributed by atoms with Gasteiger partial charge in [0.25, 0.3) is 0 Å². The van der Waals surface area contributed by atoms with Crippen molar-refractivity contribution >= 4 is 5.97 Å². The second-order valence-corrected chi connectivity index (χ2v) is 6.52. The Labute approximate surface area is 122 Å². The van der Waals surface area contributed by atoms with E-state index in [0.29, 0.717) is 18.8 Å². The Hall–Kier alpha value is -0.610. The third-order valence-electron chi connectivity index (χ3n) is 4.88. The molecule has 2 N–H and O–H groups in total. The molecule has 2 fully saturated rings. The molecule has 116 valence electrons. The van der Waals surface area contributed by atoms with Gasteiger partial charge in [0, 0.05) is 13.0 Å². The Bertz CT molecular complexity index is 315. The normalized spacial score (nSPS) is 31.6. The van der Waals surface area contributed by atoms with E-state index in [1.807, 2.05) is 0 Å². The van der Waals surface area contributed by atoms with Gasteiger partial charge in [0.05, 0.1) is 6.10 Å². The molecule has 0 aromatic heterocycles. The van der Waals surface area contributed by atoms with Crippen molar-refractivity contribution in [3.63, 3.8) is 0 Å². The summed E-state index contributed by atoms with van der Waals surface area (Å²) < 4.78 is 6.02. The lowest BCUT2D eigenvalue weighted by atomic mass is 9.90. The highest BCUT2D eigenvalue weighted by Gasteiger charge is 2.45. The summed E-state index contributed by atoms with van der Waals surface area (Å²) in [7, 11) is 0. The topological polar surface area (TPSA) is 58.6 Å². The molecular formula is C16H29NO3. The minimum absolute atomic E-state index is 0.123. The predicted molar refractivity (Wildman–Crippen MR) is 78.8 cm³/mol. The van der Waals surface area contributed by atoms with Crippen molar-refractivity contribution in [3.05, 3.63) is 0 Å². The molecule has 4 nitrogen and oxygen atoms in total. The second-order valence-electron chi connectivity index (χ2n) is 6.52. The first-order valence-corrected chi connectivity index (χ1v) is 8.26. The van der Waals surface area contributed by atoms with Crippen LogP contribution in [-0.4, -0.2) is 35.9 Å². The SMILES string of the molecule is CCCNC1(C(=O)O)CCC(OCC2CCCCC2)C1. The number of aliphatic carboxylic acids is 1. The van der Waals surface area contributed by atoms with Crippen LogP contribution < -0.4 is 5.32 Å². The van der Waals surface area contributed by atoms with Crippen LogP contribution in [0.4, 0.5) is 0 Å². The van der Waals surface area contributed by atoms with Crippen molar-refractivity contribution in [2.75, 3.05) is 13.2 Å². The molecule has 0 saturated heterocycles. The third-order valence-corrected chi connectivity index (χ3v) is 4.88. The standard InChI is InChI=1S/C16H29NO3/c1-2-10-17-16(15(18)19)9-8-14(11-16)20-12-13-6-4-3-5-7-13/h13-14,17H,2-12H2,1H3,(H,18,19). The van der Waals surface area contributed by atoms with Gasteiger partial charge in [0.1, 0.15) is 5.54 Å². The lowest BCUT2D eigenvalue weighted by Gasteiger charge is -2.27. The van der Waals surface area contributed by atoms with E-state index in [-0.39, 0.29) is 6.10 Å². The fourth-order valence-corrected chi connectivity index (χ4v) is 3.56. The second kappa shape index (κ2) is 7.41. The molecule has 0 heterocycles. The Kier molecular flexibility index (Phi) is 5.85. The van der Waals surface area contributed by atoms with Gasteiger partial charge in [-0.25, -0.2) is 0 Å². The highest BCUT2D eigenvalue weighted by atomic mass is 16.5. The number of nitrogens with one attached hydrogen (secondary N) is 1. The van der Waals surface area contributed by atoms with Crippen molar-refractivity contribution in [2.24, 2.45) is 5.92 Å². The molecule has 2 atom stereocenters. The van der Waals surface area contributed by atoms with Gasteiger partial charge in [-0.1, -0.05) is 26.2 Å². The van der Waals surface area contributed by atoms with Gasteiger partial charge < -0.3 is 15.2 Å². The molecule has 0 radical (unpaired) electrons. The summed E-state index contributed by atoms with van der Waals surface area (Å²) in [4.78, 5) is 11.6. The first kappa shape index (κ1) is 15.8. The Balaban J connectivity index is 1.78. The van der Waals surface area contributed by atoms with E-state index in [1.54, 1.807) is 0 Å². The number of carbonyl (C=O) groups is 1. The first-order chi connectivity index (χ1) is 9.66. The third kappa shape index (κ3) is 3.95. The number of ether oxygens (including phenoxy) is 1. The van der Waals surface area contributed by atoms with Crippen molar-refractivity contribution in [1.29, 1.82) is 0 Å². The minimum Gasteiger partial charge on any atom is -0.480 e. The van der Waals surface area contributed by atoms with Gasteiger partial charge in [0.15, 0.2) is 0 Å². The quantitative estimate of drug-likeness (QED) is 0.754. The summed E-state index contributed by atoms with van der Waals surface area (Å²) in [5, 5.41) is 12.7. The Morgan fingerprint density at radius 3 is 2.70 bits per heavy atom. The van der Waals surface area contributed by atoms with E-state index < -0.39 is 11.5 Å². The summed E-state index contributed by atoms with van der Waals surface area (Å²) in [6.45, 7) is 3.66. The van der Waals surface area contributed by atoms with Crippen LogP contribution in [-0.2, 0) is 9.53 Å². The molecule has 2 aliphatic carbocycles. The van der Waals surface area contributed by atoms with E-state index >= 15 is 0 Å². The molecule has 0 aromatic rings. The number of carboxylic acid groups (broad SMARTS) is 1. The summed E-state index contributed by atoms with van der Waals surface area (Å²) in [6, 6.07) is 0. The van der Waals surface area contributed by atoms with Crippen molar-refractivity contribution in [3.8, 4) is 0 Å². The highest BCUT2D eigenvalue weighted by molar-refractivity contribution is 5.79. The summed E-state index contributed by atoms with van der Waals surface area (Å²) in [6.07, 6.45) is 9.85. The van der Waals surface area contributed by atoms with Crippen LogP contribution >= 0.6 is 0 Å². The fourth-order valence-electron chi connectivity index (χ4n) is 3.56. The Morgan fingerprint density at radius 2 is 2.05 bits per heavy atom. The molecule has 2 unspecified atom stereocenters. The molecule has 2 saturated carbocycles. The minimum atomic E-state index is -0.743. The molecule has 0 aliphatic heterocycles. The number of rotatable bonds is 7. The molecule has 0 bridgehead atoms. The number of hydrogen-bond acceptors (Lipinski definition) is 3. The van der Waals surface area contributed by atoms with Gasteiger partial charge in [-0.3, -0.25) is 4.79 Å². The molecular weight excluding hydrogens is 254 g/mol. The molecule has 0 aromatic carbocycles. The van der Waals surface area contributed by atoms with Crippen LogP contribution in [0.15, 0.2) is 0 Å².